The highest BCUT2D eigenvalue weighted by atomic mass is 16.5. The van der Waals surface area contributed by atoms with Crippen molar-refractivity contribution in [1.29, 1.82) is 0 Å². The summed E-state index contributed by atoms with van der Waals surface area (Å²) in [6.07, 6.45) is 3.94. The van der Waals surface area contributed by atoms with Gasteiger partial charge >= 0.3 is 0 Å². The summed E-state index contributed by atoms with van der Waals surface area (Å²) in [5.41, 5.74) is 3.70. The number of aliphatic hydroxyl groups excluding tert-OH is 1. The SMILES string of the molecule is Cc1cccc(COc2cccc(C(=O)NC(CO)Cc3cccnc3)c2)c1. The molecular weight excluding hydrogens is 352 g/mol. The van der Waals surface area contributed by atoms with Crippen molar-refractivity contribution in [3.63, 3.8) is 0 Å². The zero-order valence-corrected chi connectivity index (χ0v) is 15.8. The Labute approximate surface area is 165 Å². The predicted octanol–water partition coefficient (Wildman–Crippen LogP) is 3.30. The van der Waals surface area contributed by atoms with E-state index in [4.69, 9.17) is 4.74 Å². The first-order valence-electron chi connectivity index (χ1n) is 9.23. The van der Waals surface area contributed by atoms with Crippen molar-refractivity contribution in [3.8, 4) is 5.75 Å². The fraction of sp³-hybridized carbons (Fsp3) is 0.217. The van der Waals surface area contributed by atoms with Crippen molar-refractivity contribution in [2.45, 2.75) is 26.0 Å². The molecule has 1 unspecified atom stereocenters. The Balaban J connectivity index is 1.61. The summed E-state index contributed by atoms with van der Waals surface area (Å²) in [4.78, 5) is 16.6. The van der Waals surface area contributed by atoms with Crippen molar-refractivity contribution in [2.24, 2.45) is 0 Å². The molecule has 0 radical (unpaired) electrons. The Bertz CT molecular complexity index is 912. The fourth-order valence-electron chi connectivity index (χ4n) is 2.93. The first-order valence-corrected chi connectivity index (χ1v) is 9.23. The van der Waals surface area contributed by atoms with Gasteiger partial charge in [0.2, 0.25) is 0 Å². The monoisotopic (exact) mass is 376 g/mol. The lowest BCUT2D eigenvalue weighted by Crippen LogP contribution is -2.39. The van der Waals surface area contributed by atoms with E-state index in [0.29, 0.717) is 24.3 Å². The molecule has 2 aromatic carbocycles. The highest BCUT2D eigenvalue weighted by Gasteiger charge is 2.14. The van der Waals surface area contributed by atoms with Crippen molar-refractivity contribution in [2.75, 3.05) is 6.61 Å². The van der Waals surface area contributed by atoms with Crippen molar-refractivity contribution >= 4 is 5.91 Å². The third-order valence-electron chi connectivity index (χ3n) is 4.34. The standard InChI is InChI=1S/C23H24N2O3/c1-17-5-2-6-19(11-17)16-28-22-9-3-8-20(13-22)23(27)25-21(15-26)12-18-7-4-10-24-14-18/h2-11,13-14,21,26H,12,15-16H2,1H3,(H,25,27). The summed E-state index contributed by atoms with van der Waals surface area (Å²) < 4.78 is 5.83. The summed E-state index contributed by atoms with van der Waals surface area (Å²) in [6, 6.07) is 18.5. The van der Waals surface area contributed by atoms with E-state index >= 15 is 0 Å². The fourth-order valence-corrected chi connectivity index (χ4v) is 2.93. The van der Waals surface area contributed by atoms with E-state index < -0.39 is 0 Å². The number of nitrogens with zero attached hydrogens (tertiary/aromatic N) is 1. The number of ether oxygens (including phenoxy) is 1. The van der Waals surface area contributed by atoms with Gasteiger partial charge in [-0.25, -0.2) is 0 Å². The molecule has 1 atom stereocenters. The van der Waals surface area contributed by atoms with Crippen molar-refractivity contribution in [3.05, 3.63) is 95.3 Å². The van der Waals surface area contributed by atoms with Crippen LogP contribution in [-0.2, 0) is 13.0 Å². The molecule has 5 nitrogen and oxygen atoms in total. The first-order chi connectivity index (χ1) is 13.6. The zero-order valence-electron chi connectivity index (χ0n) is 15.8. The number of rotatable bonds is 8. The van der Waals surface area contributed by atoms with Crippen LogP contribution in [0.4, 0.5) is 0 Å². The van der Waals surface area contributed by atoms with E-state index in [0.717, 1.165) is 11.1 Å². The largest absolute Gasteiger partial charge is 0.489 e. The van der Waals surface area contributed by atoms with Crippen LogP contribution >= 0.6 is 0 Å². The van der Waals surface area contributed by atoms with Crippen LogP contribution < -0.4 is 10.1 Å². The quantitative estimate of drug-likeness (QED) is 0.633. The number of nitrogens with one attached hydrogen (secondary N) is 1. The van der Waals surface area contributed by atoms with Gasteiger partial charge in [-0.3, -0.25) is 9.78 Å². The predicted molar refractivity (Wildman–Crippen MR) is 108 cm³/mol. The molecule has 144 valence electrons. The Kier molecular flexibility index (Phi) is 6.76. The van der Waals surface area contributed by atoms with Crippen LogP contribution in [0.25, 0.3) is 0 Å². The van der Waals surface area contributed by atoms with Crippen LogP contribution in [-0.4, -0.2) is 28.6 Å². The Morgan fingerprint density at radius 1 is 1.11 bits per heavy atom. The van der Waals surface area contributed by atoms with Gasteiger partial charge in [0.05, 0.1) is 12.6 Å². The van der Waals surface area contributed by atoms with Gasteiger partial charge in [0.1, 0.15) is 12.4 Å². The van der Waals surface area contributed by atoms with Crippen LogP contribution in [0.2, 0.25) is 0 Å². The van der Waals surface area contributed by atoms with Gasteiger partial charge in [0.15, 0.2) is 0 Å². The average molecular weight is 376 g/mol. The molecule has 1 aromatic heterocycles. The van der Waals surface area contributed by atoms with Gasteiger partial charge < -0.3 is 15.2 Å². The Morgan fingerprint density at radius 2 is 1.93 bits per heavy atom. The van der Waals surface area contributed by atoms with Crippen LogP contribution in [0.15, 0.2) is 73.1 Å². The topological polar surface area (TPSA) is 71.5 Å². The van der Waals surface area contributed by atoms with Crippen molar-refractivity contribution < 1.29 is 14.6 Å². The smallest absolute Gasteiger partial charge is 0.251 e. The number of amides is 1. The normalized spacial score (nSPS) is 11.6. The molecule has 0 bridgehead atoms. The van der Waals surface area contributed by atoms with Crippen molar-refractivity contribution in [1.82, 2.24) is 10.3 Å². The van der Waals surface area contributed by atoms with Crippen LogP contribution in [0.5, 0.6) is 5.75 Å². The molecule has 0 saturated heterocycles. The number of hydrogen-bond donors (Lipinski definition) is 2. The number of carbonyl (C=O) groups excluding carboxylic acids is 1. The molecule has 0 aliphatic rings. The van der Waals surface area contributed by atoms with E-state index in [-0.39, 0.29) is 18.6 Å². The Hall–Kier alpha value is -3.18. The molecule has 0 aliphatic heterocycles. The molecule has 3 aromatic rings. The molecule has 28 heavy (non-hydrogen) atoms. The highest BCUT2D eigenvalue weighted by molar-refractivity contribution is 5.94. The minimum absolute atomic E-state index is 0.149. The third-order valence-corrected chi connectivity index (χ3v) is 4.34. The highest BCUT2D eigenvalue weighted by Crippen LogP contribution is 2.16. The first kappa shape index (κ1) is 19.6. The maximum Gasteiger partial charge on any atom is 0.251 e. The molecule has 2 N–H and O–H groups in total. The maximum absolute atomic E-state index is 12.6. The van der Waals surface area contributed by atoms with Gasteiger partial charge in [0.25, 0.3) is 5.91 Å². The lowest BCUT2D eigenvalue weighted by atomic mass is 10.1. The zero-order chi connectivity index (χ0) is 19.8. The summed E-state index contributed by atoms with van der Waals surface area (Å²) in [7, 11) is 0. The average Bonchev–Trinajstić information content (AvgIpc) is 2.73. The minimum atomic E-state index is -0.381. The van der Waals surface area contributed by atoms with E-state index in [1.165, 1.54) is 5.56 Å². The van der Waals surface area contributed by atoms with Gasteiger partial charge in [-0.15, -0.1) is 0 Å². The second-order valence-electron chi connectivity index (χ2n) is 6.72. The molecule has 0 spiro atoms. The number of aromatic nitrogens is 1. The van der Waals surface area contributed by atoms with E-state index in [1.54, 1.807) is 30.6 Å². The number of hydrogen-bond acceptors (Lipinski definition) is 4. The van der Waals surface area contributed by atoms with Crippen LogP contribution in [0.3, 0.4) is 0 Å². The molecule has 0 fully saturated rings. The molecule has 3 rings (SSSR count). The minimum Gasteiger partial charge on any atom is -0.489 e. The van der Waals surface area contributed by atoms with Gasteiger partial charge in [-0.2, -0.15) is 0 Å². The molecule has 1 heterocycles. The summed E-state index contributed by atoms with van der Waals surface area (Å²) >= 11 is 0. The number of aryl methyl sites for hydroxylation is 1. The lowest BCUT2D eigenvalue weighted by Gasteiger charge is -2.16. The second kappa shape index (κ2) is 9.67. The molecular formula is C23H24N2O3. The molecule has 1 amide bonds. The van der Waals surface area contributed by atoms with Crippen LogP contribution in [0.1, 0.15) is 27.0 Å². The van der Waals surface area contributed by atoms with E-state index in [1.807, 2.05) is 43.3 Å². The molecule has 5 heteroatoms. The van der Waals surface area contributed by atoms with Gasteiger partial charge in [0, 0.05) is 18.0 Å². The number of pyridine rings is 1. The number of benzene rings is 2. The third kappa shape index (κ3) is 5.66. The number of carbonyl (C=O) groups is 1. The molecule has 0 saturated carbocycles. The Morgan fingerprint density at radius 3 is 2.68 bits per heavy atom. The van der Waals surface area contributed by atoms with E-state index in [9.17, 15) is 9.90 Å². The summed E-state index contributed by atoms with van der Waals surface area (Å²) in [5, 5.41) is 12.5. The second-order valence-corrected chi connectivity index (χ2v) is 6.72. The van der Waals surface area contributed by atoms with Crippen LogP contribution in [0, 0.1) is 6.92 Å². The lowest BCUT2D eigenvalue weighted by molar-refractivity contribution is 0.0916. The van der Waals surface area contributed by atoms with E-state index in [2.05, 4.69) is 16.4 Å². The number of aliphatic hydroxyl groups is 1. The molecule has 0 aliphatic carbocycles. The van der Waals surface area contributed by atoms with Gasteiger partial charge in [-0.1, -0.05) is 42.0 Å². The summed E-state index contributed by atoms with van der Waals surface area (Å²) in [6.45, 7) is 2.33. The van der Waals surface area contributed by atoms with Gasteiger partial charge in [-0.05, 0) is 48.7 Å². The summed E-state index contributed by atoms with van der Waals surface area (Å²) in [5.74, 6) is 0.380. The maximum atomic E-state index is 12.6.